The van der Waals surface area contributed by atoms with E-state index in [4.69, 9.17) is 23.2 Å². The Bertz CT molecular complexity index is 935. The number of halogens is 2. The molecule has 0 radical (unpaired) electrons. The lowest BCUT2D eigenvalue weighted by atomic mass is 9.98. The lowest BCUT2D eigenvalue weighted by molar-refractivity contribution is 0.190. The maximum Gasteiger partial charge on any atom is 0.0598 e. The Balaban J connectivity index is 1.35. The summed E-state index contributed by atoms with van der Waals surface area (Å²) in [6.45, 7) is 4.14. The molecule has 1 saturated heterocycles. The molecule has 0 saturated carbocycles. The van der Waals surface area contributed by atoms with E-state index in [0.29, 0.717) is 16.1 Å². The van der Waals surface area contributed by atoms with Crippen LogP contribution in [0.15, 0.2) is 72.8 Å². The van der Waals surface area contributed by atoms with Crippen molar-refractivity contribution in [3.8, 4) is 11.1 Å². The van der Waals surface area contributed by atoms with Crippen LogP contribution in [0.1, 0.15) is 24.0 Å². The Hall–Kier alpha value is -1.84. The van der Waals surface area contributed by atoms with Gasteiger partial charge in [-0.2, -0.15) is 0 Å². The maximum atomic E-state index is 6.25. The van der Waals surface area contributed by atoms with E-state index in [9.17, 15) is 0 Å². The van der Waals surface area contributed by atoms with Crippen molar-refractivity contribution in [2.75, 3.05) is 13.1 Å². The first-order chi connectivity index (χ1) is 14.2. The highest BCUT2D eigenvalue weighted by Gasteiger charge is 2.20. The molecule has 150 valence electrons. The zero-order valence-electron chi connectivity index (χ0n) is 16.5. The molecule has 0 atom stereocenters. The predicted octanol–water partition coefficient (Wildman–Crippen LogP) is 6.41. The molecule has 1 N–H and O–H groups in total. The Morgan fingerprint density at radius 3 is 2.31 bits per heavy atom. The van der Waals surface area contributed by atoms with Crippen molar-refractivity contribution in [1.29, 1.82) is 0 Å². The van der Waals surface area contributed by atoms with Crippen molar-refractivity contribution in [3.05, 3.63) is 94.0 Å². The first kappa shape index (κ1) is 20.4. The van der Waals surface area contributed by atoms with Crippen LogP contribution in [0.25, 0.3) is 11.1 Å². The summed E-state index contributed by atoms with van der Waals surface area (Å²) in [5.41, 5.74) is 5.04. The number of benzene rings is 3. The number of nitrogens with one attached hydrogen (secondary N) is 1. The molecule has 1 aliphatic heterocycles. The highest BCUT2D eigenvalue weighted by atomic mass is 35.5. The largest absolute Gasteiger partial charge is 0.310 e. The average Bonchev–Trinajstić information content (AvgIpc) is 2.76. The first-order valence-corrected chi connectivity index (χ1v) is 11.0. The molecule has 1 aliphatic rings. The van der Waals surface area contributed by atoms with E-state index in [-0.39, 0.29) is 0 Å². The van der Waals surface area contributed by atoms with Gasteiger partial charge in [-0.1, -0.05) is 83.9 Å². The molecule has 0 amide bonds. The number of rotatable bonds is 6. The molecule has 0 bridgehead atoms. The van der Waals surface area contributed by atoms with E-state index in [2.05, 4.69) is 64.8 Å². The van der Waals surface area contributed by atoms with Crippen LogP contribution in [0.4, 0.5) is 0 Å². The standard InChI is InChI=1S/C25H26Cl2N2/c26-24-11-10-20(16-25(24)27)23-9-5-4-8-21(23)18-29-14-12-22(13-15-29)28-17-19-6-2-1-3-7-19/h1-11,16,22,28H,12-15,17-18H2. The minimum atomic E-state index is 0.594. The quantitative estimate of drug-likeness (QED) is 0.491. The molecule has 1 heterocycles. The van der Waals surface area contributed by atoms with Gasteiger partial charge in [0.2, 0.25) is 0 Å². The fourth-order valence-electron chi connectivity index (χ4n) is 4.00. The Kier molecular flexibility index (Phi) is 6.89. The zero-order valence-corrected chi connectivity index (χ0v) is 18.0. The minimum Gasteiger partial charge on any atom is -0.310 e. The van der Waals surface area contributed by atoms with Gasteiger partial charge in [-0.05, 0) is 60.3 Å². The number of piperidine rings is 1. The fourth-order valence-corrected chi connectivity index (χ4v) is 4.30. The van der Waals surface area contributed by atoms with Crippen LogP contribution in [0.3, 0.4) is 0 Å². The van der Waals surface area contributed by atoms with Gasteiger partial charge in [0, 0.05) is 19.1 Å². The number of likely N-dealkylation sites (tertiary alicyclic amines) is 1. The van der Waals surface area contributed by atoms with E-state index in [1.54, 1.807) is 0 Å². The van der Waals surface area contributed by atoms with Crippen molar-refractivity contribution in [2.24, 2.45) is 0 Å². The van der Waals surface area contributed by atoms with E-state index in [1.165, 1.54) is 29.5 Å². The van der Waals surface area contributed by atoms with Gasteiger partial charge in [0.25, 0.3) is 0 Å². The van der Waals surface area contributed by atoms with Gasteiger partial charge in [-0.25, -0.2) is 0 Å². The molecule has 0 spiro atoms. The second kappa shape index (κ2) is 9.77. The van der Waals surface area contributed by atoms with Gasteiger partial charge in [0.1, 0.15) is 0 Å². The third-order valence-corrected chi connectivity index (χ3v) is 6.41. The van der Waals surface area contributed by atoms with Gasteiger partial charge in [0.15, 0.2) is 0 Å². The summed E-state index contributed by atoms with van der Waals surface area (Å²) in [5.74, 6) is 0. The van der Waals surface area contributed by atoms with Crippen LogP contribution in [0, 0.1) is 0 Å². The van der Waals surface area contributed by atoms with Crippen molar-refractivity contribution < 1.29 is 0 Å². The molecule has 0 aromatic heterocycles. The molecular weight excluding hydrogens is 399 g/mol. The van der Waals surface area contributed by atoms with Crippen molar-refractivity contribution in [3.63, 3.8) is 0 Å². The van der Waals surface area contributed by atoms with Crippen LogP contribution >= 0.6 is 23.2 Å². The lowest BCUT2D eigenvalue weighted by Crippen LogP contribution is -2.41. The van der Waals surface area contributed by atoms with Gasteiger partial charge >= 0.3 is 0 Å². The Morgan fingerprint density at radius 2 is 1.55 bits per heavy atom. The molecule has 29 heavy (non-hydrogen) atoms. The molecule has 0 aliphatic carbocycles. The minimum absolute atomic E-state index is 0.594. The molecule has 4 heteroatoms. The second-order valence-electron chi connectivity index (χ2n) is 7.70. The molecule has 3 aromatic carbocycles. The third-order valence-electron chi connectivity index (χ3n) is 5.67. The summed E-state index contributed by atoms with van der Waals surface area (Å²) < 4.78 is 0. The van der Waals surface area contributed by atoms with E-state index in [1.807, 2.05) is 18.2 Å². The van der Waals surface area contributed by atoms with Crippen LogP contribution in [-0.2, 0) is 13.1 Å². The lowest BCUT2D eigenvalue weighted by Gasteiger charge is -2.33. The molecule has 0 unspecified atom stereocenters. The second-order valence-corrected chi connectivity index (χ2v) is 8.52. The van der Waals surface area contributed by atoms with Crippen LogP contribution in [0.5, 0.6) is 0 Å². The molecule has 2 nitrogen and oxygen atoms in total. The summed E-state index contributed by atoms with van der Waals surface area (Å²) >= 11 is 12.3. The molecule has 3 aromatic rings. The predicted molar refractivity (Wildman–Crippen MR) is 123 cm³/mol. The third kappa shape index (κ3) is 5.40. The van der Waals surface area contributed by atoms with Gasteiger partial charge in [-0.3, -0.25) is 4.90 Å². The molecule has 1 fully saturated rings. The Labute approximate surface area is 183 Å². The SMILES string of the molecule is Clc1ccc(-c2ccccc2CN2CCC(NCc3ccccc3)CC2)cc1Cl. The summed E-state index contributed by atoms with van der Waals surface area (Å²) in [6.07, 6.45) is 2.36. The summed E-state index contributed by atoms with van der Waals surface area (Å²) in [4.78, 5) is 2.55. The van der Waals surface area contributed by atoms with Gasteiger partial charge < -0.3 is 5.32 Å². The van der Waals surface area contributed by atoms with E-state index in [0.717, 1.165) is 31.7 Å². The van der Waals surface area contributed by atoms with Crippen LogP contribution in [0.2, 0.25) is 10.0 Å². The number of hydrogen-bond acceptors (Lipinski definition) is 2. The Morgan fingerprint density at radius 1 is 0.828 bits per heavy atom. The van der Waals surface area contributed by atoms with Gasteiger partial charge in [0.05, 0.1) is 10.0 Å². The summed E-state index contributed by atoms with van der Waals surface area (Å²) in [6, 6.07) is 25.7. The number of nitrogens with zero attached hydrogens (tertiary/aromatic N) is 1. The van der Waals surface area contributed by atoms with E-state index < -0.39 is 0 Å². The van der Waals surface area contributed by atoms with E-state index >= 15 is 0 Å². The highest BCUT2D eigenvalue weighted by molar-refractivity contribution is 6.42. The fraction of sp³-hybridized carbons (Fsp3) is 0.280. The average molecular weight is 425 g/mol. The zero-order chi connectivity index (χ0) is 20.1. The topological polar surface area (TPSA) is 15.3 Å². The maximum absolute atomic E-state index is 6.25. The van der Waals surface area contributed by atoms with Crippen molar-refractivity contribution in [1.82, 2.24) is 10.2 Å². The highest BCUT2D eigenvalue weighted by Crippen LogP contribution is 2.31. The van der Waals surface area contributed by atoms with Crippen LogP contribution < -0.4 is 5.32 Å². The normalized spacial score (nSPS) is 15.5. The molecular formula is C25H26Cl2N2. The summed E-state index contributed by atoms with van der Waals surface area (Å²) in [7, 11) is 0. The smallest absolute Gasteiger partial charge is 0.0598 e. The summed E-state index contributed by atoms with van der Waals surface area (Å²) in [5, 5.41) is 4.91. The van der Waals surface area contributed by atoms with Crippen molar-refractivity contribution >= 4 is 23.2 Å². The monoisotopic (exact) mass is 424 g/mol. The number of hydrogen-bond donors (Lipinski definition) is 1. The van der Waals surface area contributed by atoms with Gasteiger partial charge in [-0.15, -0.1) is 0 Å². The van der Waals surface area contributed by atoms with Crippen molar-refractivity contribution in [2.45, 2.75) is 32.0 Å². The van der Waals surface area contributed by atoms with Crippen LogP contribution in [-0.4, -0.2) is 24.0 Å². The first-order valence-electron chi connectivity index (χ1n) is 10.2. The molecule has 4 rings (SSSR count).